The molecule has 13 nitrogen and oxygen atoms in total. The van der Waals surface area contributed by atoms with Crippen LogP contribution in [0.2, 0.25) is 0 Å². The summed E-state index contributed by atoms with van der Waals surface area (Å²) in [5.41, 5.74) is 7.40. The van der Waals surface area contributed by atoms with Gasteiger partial charge in [0, 0.05) is 23.5 Å². The lowest BCUT2D eigenvalue weighted by molar-refractivity contribution is -0.146. The number of aliphatic carboxylic acids is 2. The summed E-state index contributed by atoms with van der Waals surface area (Å²) in [5.74, 6) is -5.84. The molecule has 1 aromatic heterocycles. The van der Waals surface area contributed by atoms with Crippen molar-refractivity contribution in [1.29, 1.82) is 0 Å². The average Bonchev–Trinajstić information content (AvgIpc) is 3.22. The minimum absolute atomic E-state index is 0.0146. The van der Waals surface area contributed by atoms with Crippen molar-refractivity contribution in [3.63, 3.8) is 0 Å². The summed E-state index contributed by atoms with van der Waals surface area (Å²) in [7, 11) is 0. The number of benzene rings is 1. The Morgan fingerprint density at radius 1 is 0.919 bits per heavy atom. The minimum atomic E-state index is -1.73. The van der Waals surface area contributed by atoms with Crippen LogP contribution in [0.4, 0.5) is 0 Å². The van der Waals surface area contributed by atoms with Gasteiger partial charge < -0.3 is 42.0 Å². The number of nitrogens with two attached hydrogens (primary N) is 1. The summed E-state index contributed by atoms with van der Waals surface area (Å²) in [5, 5.41) is 35.8. The molecule has 0 bridgehead atoms. The molecule has 1 heterocycles. The lowest BCUT2D eigenvalue weighted by Crippen LogP contribution is -2.59. The molecule has 0 saturated heterocycles. The van der Waals surface area contributed by atoms with Crippen LogP contribution in [0.5, 0.6) is 0 Å². The Kier molecular flexibility index (Phi) is 10.1. The van der Waals surface area contributed by atoms with Gasteiger partial charge in [-0.2, -0.15) is 0 Å². The van der Waals surface area contributed by atoms with E-state index in [0.29, 0.717) is 5.56 Å². The molecule has 202 valence electrons. The number of aliphatic hydroxyl groups excluding tert-OH is 1. The number of hydrogen-bond acceptors (Lipinski definition) is 7. The summed E-state index contributed by atoms with van der Waals surface area (Å²) < 4.78 is 0. The molecule has 5 unspecified atom stereocenters. The van der Waals surface area contributed by atoms with Gasteiger partial charge in [-0.15, -0.1) is 0 Å². The maximum absolute atomic E-state index is 13.3. The van der Waals surface area contributed by atoms with Crippen LogP contribution in [-0.2, 0) is 30.4 Å². The van der Waals surface area contributed by atoms with Gasteiger partial charge in [0.05, 0.1) is 18.6 Å². The number of amides is 3. The maximum Gasteiger partial charge on any atom is 0.328 e. The number of nitrogens with one attached hydrogen (secondary N) is 4. The van der Waals surface area contributed by atoms with Crippen molar-refractivity contribution in [2.45, 2.75) is 63.9 Å². The van der Waals surface area contributed by atoms with E-state index < -0.39 is 66.4 Å². The quantitative estimate of drug-likeness (QED) is 0.164. The zero-order valence-corrected chi connectivity index (χ0v) is 20.7. The molecule has 0 radical (unpaired) electrons. The van der Waals surface area contributed by atoms with E-state index in [4.69, 9.17) is 5.73 Å². The Hall–Kier alpha value is -3.97. The number of fused-ring (bicyclic) bond motifs is 1. The Morgan fingerprint density at radius 2 is 1.51 bits per heavy atom. The monoisotopic (exact) mass is 519 g/mol. The molecular formula is C24H33N5O8. The molecule has 5 atom stereocenters. The van der Waals surface area contributed by atoms with E-state index in [9.17, 15) is 39.3 Å². The molecule has 1 aromatic carbocycles. The number of H-pyrrole nitrogens is 1. The molecule has 0 aliphatic heterocycles. The number of aromatic nitrogens is 1. The van der Waals surface area contributed by atoms with Crippen molar-refractivity contribution in [3.8, 4) is 0 Å². The third-order valence-corrected chi connectivity index (χ3v) is 5.81. The lowest BCUT2D eigenvalue weighted by atomic mass is 10.0. The Balaban J connectivity index is 2.32. The zero-order valence-electron chi connectivity index (χ0n) is 20.7. The summed E-state index contributed by atoms with van der Waals surface area (Å²) in [4.78, 5) is 64.4. The number of carbonyl (C=O) groups excluding carboxylic acids is 3. The molecule has 0 fully saturated rings. The number of carbonyl (C=O) groups is 5. The van der Waals surface area contributed by atoms with Crippen LogP contribution in [-0.4, -0.2) is 80.2 Å². The van der Waals surface area contributed by atoms with Crippen molar-refractivity contribution < 1.29 is 39.3 Å². The number of carboxylic acid groups (broad SMARTS) is 2. The van der Waals surface area contributed by atoms with E-state index in [-0.39, 0.29) is 12.3 Å². The summed E-state index contributed by atoms with van der Waals surface area (Å²) in [6, 6.07) is 1.68. The van der Waals surface area contributed by atoms with Gasteiger partial charge in [0.25, 0.3) is 0 Å². The highest BCUT2D eigenvalue weighted by Gasteiger charge is 2.33. The number of para-hydroxylation sites is 1. The maximum atomic E-state index is 13.3. The van der Waals surface area contributed by atoms with Crippen LogP contribution >= 0.6 is 0 Å². The summed E-state index contributed by atoms with van der Waals surface area (Å²) in [6.07, 6.45) is -0.711. The predicted molar refractivity (Wildman–Crippen MR) is 132 cm³/mol. The Morgan fingerprint density at radius 3 is 2.08 bits per heavy atom. The molecule has 0 spiro atoms. The smallest absolute Gasteiger partial charge is 0.328 e. The number of hydrogen-bond donors (Lipinski definition) is 8. The Labute approximate surface area is 212 Å². The van der Waals surface area contributed by atoms with E-state index in [0.717, 1.165) is 17.8 Å². The van der Waals surface area contributed by atoms with Crippen molar-refractivity contribution in [3.05, 3.63) is 36.0 Å². The third-order valence-electron chi connectivity index (χ3n) is 5.81. The van der Waals surface area contributed by atoms with E-state index in [1.54, 1.807) is 26.1 Å². The van der Waals surface area contributed by atoms with Crippen molar-refractivity contribution in [2.24, 2.45) is 11.7 Å². The number of aromatic amines is 1. The van der Waals surface area contributed by atoms with Gasteiger partial charge in [0.1, 0.15) is 12.1 Å². The molecular weight excluding hydrogens is 486 g/mol. The zero-order chi connectivity index (χ0) is 27.9. The molecule has 9 N–H and O–H groups in total. The highest BCUT2D eigenvalue weighted by atomic mass is 16.4. The van der Waals surface area contributed by atoms with Gasteiger partial charge in [0.2, 0.25) is 17.7 Å². The summed E-state index contributed by atoms with van der Waals surface area (Å²) in [6.45, 7) is 4.59. The minimum Gasteiger partial charge on any atom is -0.481 e. The number of carboxylic acids is 2. The fraction of sp³-hybridized carbons (Fsp3) is 0.458. The van der Waals surface area contributed by atoms with E-state index >= 15 is 0 Å². The van der Waals surface area contributed by atoms with Crippen molar-refractivity contribution >= 4 is 40.6 Å². The molecule has 0 saturated carbocycles. The molecule has 13 heteroatoms. The SMILES string of the molecule is CC(C)C(N)C(=O)NC(Cc1c[nH]c2ccccc12)C(=O)NC(CC(=O)O)C(=O)NC(C(=O)O)C(C)O. The van der Waals surface area contributed by atoms with Gasteiger partial charge in [-0.1, -0.05) is 32.0 Å². The molecule has 2 rings (SSSR count). The average molecular weight is 520 g/mol. The van der Waals surface area contributed by atoms with E-state index in [1.165, 1.54) is 0 Å². The van der Waals surface area contributed by atoms with Gasteiger partial charge in [0.15, 0.2) is 6.04 Å². The van der Waals surface area contributed by atoms with Crippen LogP contribution in [0, 0.1) is 5.92 Å². The van der Waals surface area contributed by atoms with Crippen LogP contribution < -0.4 is 21.7 Å². The topological polar surface area (TPSA) is 224 Å². The van der Waals surface area contributed by atoms with Gasteiger partial charge in [-0.3, -0.25) is 19.2 Å². The molecule has 2 aromatic rings. The molecule has 0 aliphatic carbocycles. The van der Waals surface area contributed by atoms with Gasteiger partial charge >= 0.3 is 11.9 Å². The first-order valence-corrected chi connectivity index (χ1v) is 11.7. The molecule has 37 heavy (non-hydrogen) atoms. The van der Waals surface area contributed by atoms with Gasteiger partial charge in [-0.25, -0.2) is 4.79 Å². The van der Waals surface area contributed by atoms with Crippen LogP contribution in [0.3, 0.4) is 0 Å². The van der Waals surface area contributed by atoms with Crippen LogP contribution in [0.15, 0.2) is 30.5 Å². The second-order valence-corrected chi connectivity index (χ2v) is 9.12. The first-order valence-electron chi connectivity index (χ1n) is 11.7. The van der Waals surface area contributed by atoms with E-state index in [1.807, 2.05) is 23.5 Å². The lowest BCUT2D eigenvalue weighted by Gasteiger charge is -2.25. The van der Waals surface area contributed by atoms with Gasteiger partial charge in [-0.05, 0) is 24.5 Å². The largest absolute Gasteiger partial charge is 0.481 e. The number of aliphatic hydroxyl groups is 1. The Bertz CT molecular complexity index is 1150. The molecule has 0 aliphatic rings. The van der Waals surface area contributed by atoms with Crippen molar-refractivity contribution in [1.82, 2.24) is 20.9 Å². The summed E-state index contributed by atoms with van der Waals surface area (Å²) >= 11 is 0. The second-order valence-electron chi connectivity index (χ2n) is 9.12. The normalized spacial score (nSPS) is 15.3. The fourth-order valence-electron chi connectivity index (χ4n) is 3.60. The fourth-order valence-corrected chi connectivity index (χ4v) is 3.60. The number of rotatable bonds is 13. The first kappa shape index (κ1) is 29.3. The van der Waals surface area contributed by atoms with Crippen LogP contribution in [0.1, 0.15) is 32.8 Å². The first-order chi connectivity index (χ1) is 17.3. The van der Waals surface area contributed by atoms with Crippen molar-refractivity contribution in [2.75, 3.05) is 0 Å². The highest BCUT2D eigenvalue weighted by Crippen LogP contribution is 2.19. The standard InChI is InChI=1S/C24H33N5O8/c1-11(2)19(25)23(35)28-16(8-13-10-26-15-7-5-4-6-14(13)15)21(33)27-17(9-18(31)32)22(34)29-20(12(3)30)24(36)37/h4-7,10-12,16-17,19-20,26,30H,8-9,25H2,1-3H3,(H,27,33)(H,28,35)(H,29,34)(H,31,32)(H,36,37). The van der Waals surface area contributed by atoms with Crippen LogP contribution in [0.25, 0.3) is 10.9 Å². The molecule has 3 amide bonds. The predicted octanol–water partition coefficient (Wildman–Crippen LogP) is -0.912. The second kappa shape index (κ2) is 12.8. The third kappa shape index (κ3) is 8.02. The van der Waals surface area contributed by atoms with E-state index in [2.05, 4.69) is 15.6 Å². The highest BCUT2D eigenvalue weighted by molar-refractivity contribution is 5.96.